The first-order valence-electron chi connectivity index (χ1n) is 41.4. The van der Waals surface area contributed by atoms with Crippen LogP contribution in [0.3, 0.4) is 0 Å². The predicted octanol–water partition coefficient (Wildman–Crippen LogP) is 20.2. The molecule has 0 radical (unpaired) electrons. The maximum absolute atomic E-state index is 13.0. The van der Waals surface area contributed by atoms with E-state index in [4.69, 9.17) is 19.3 Å². The van der Waals surface area contributed by atoms with Crippen LogP contribution in [0.2, 0.25) is 0 Å². The molecule has 0 aromatic rings. The molecular weight excluding hydrogens is 1200 g/mol. The summed E-state index contributed by atoms with van der Waals surface area (Å²) in [6.45, 7) is 17.7. The van der Waals surface area contributed by atoms with Crippen LogP contribution < -0.4 is 16.0 Å². The van der Waals surface area contributed by atoms with Gasteiger partial charge in [-0.25, -0.2) is 0 Å². The van der Waals surface area contributed by atoms with E-state index in [1.54, 1.807) is 0 Å². The third-order valence-corrected chi connectivity index (χ3v) is 19.1. The van der Waals surface area contributed by atoms with Crippen molar-refractivity contribution in [2.24, 2.45) is 0 Å². The maximum atomic E-state index is 13.0. The van der Waals surface area contributed by atoms with E-state index in [1.165, 1.54) is 173 Å². The van der Waals surface area contributed by atoms with Gasteiger partial charge in [-0.2, -0.15) is 0 Å². The highest BCUT2D eigenvalue weighted by Gasteiger charge is 2.17. The molecule has 0 bridgehead atoms. The van der Waals surface area contributed by atoms with Crippen molar-refractivity contribution in [1.29, 1.82) is 0 Å². The highest BCUT2D eigenvalue weighted by molar-refractivity contribution is 5.81. The Bertz CT molecular complexity index is 1710. The van der Waals surface area contributed by atoms with Gasteiger partial charge in [-0.1, -0.05) is 266 Å². The molecule has 0 spiro atoms. The Kier molecular flexibility index (Phi) is 71.8. The van der Waals surface area contributed by atoms with Gasteiger partial charge >= 0.3 is 23.9 Å². The predicted molar refractivity (Wildman–Crippen MR) is 402 cm³/mol. The second-order valence-corrected chi connectivity index (χ2v) is 28.5. The quantitative estimate of drug-likeness (QED) is 0.0256. The van der Waals surface area contributed by atoms with Crippen molar-refractivity contribution in [2.45, 2.75) is 413 Å². The van der Waals surface area contributed by atoms with E-state index in [0.29, 0.717) is 58.5 Å². The summed E-state index contributed by atoms with van der Waals surface area (Å²) in [4.78, 5) is 80.4. The van der Waals surface area contributed by atoms with Crippen LogP contribution in [0.5, 0.6) is 0 Å². The van der Waals surface area contributed by atoms with Crippen LogP contribution in [0.4, 0.5) is 0 Å². The molecule has 0 aliphatic rings. The summed E-state index contributed by atoms with van der Waals surface area (Å²) in [5, 5.41) is 18.2. The van der Waals surface area contributed by atoms with Gasteiger partial charge in [0.15, 0.2) is 0 Å². The summed E-state index contributed by atoms with van der Waals surface area (Å²) in [6, 6.07) is 0. The lowest BCUT2D eigenvalue weighted by Crippen LogP contribution is -2.43. The van der Waals surface area contributed by atoms with Crippen LogP contribution in [0.15, 0.2) is 0 Å². The molecule has 566 valence electrons. The van der Waals surface area contributed by atoms with Crippen molar-refractivity contribution in [3.63, 3.8) is 0 Å². The largest absolute Gasteiger partial charge is 0.481 e. The molecule has 96 heavy (non-hydrogen) atoms. The van der Waals surface area contributed by atoms with Gasteiger partial charge in [0, 0.05) is 51.9 Å². The average molecular weight is 1360 g/mol. The monoisotopic (exact) mass is 1360 g/mol. The first-order chi connectivity index (χ1) is 47.0. The zero-order chi connectivity index (χ0) is 70.1. The molecule has 0 heterocycles. The number of amides is 2. The minimum absolute atomic E-state index is 0.0316. The Labute approximate surface area is 591 Å². The van der Waals surface area contributed by atoms with Gasteiger partial charge < -0.3 is 39.8 Å². The van der Waals surface area contributed by atoms with E-state index in [-0.39, 0.29) is 61.4 Å². The summed E-state index contributed by atoms with van der Waals surface area (Å²) < 4.78 is 17.8. The third kappa shape index (κ3) is 69.2. The number of unbranched alkanes of at least 4 members (excludes halogenated alkanes) is 40. The number of hydrogen-bond acceptors (Lipinski definition) is 12. The molecule has 0 fully saturated rings. The maximum Gasteiger partial charge on any atom is 0.306 e. The van der Waals surface area contributed by atoms with E-state index >= 15 is 0 Å². The second-order valence-electron chi connectivity index (χ2n) is 28.5. The summed E-state index contributed by atoms with van der Waals surface area (Å²) in [5.74, 6) is -1.25. The number of rotatable bonds is 78. The van der Waals surface area contributed by atoms with E-state index in [2.05, 4.69) is 60.4 Å². The molecule has 0 aromatic carbocycles. The number of aliphatic carboxylic acids is 1. The fourth-order valence-corrected chi connectivity index (χ4v) is 12.9. The Balaban J connectivity index is 5.06. The lowest BCUT2D eigenvalue weighted by molar-refractivity contribution is -0.151. The first-order valence-corrected chi connectivity index (χ1v) is 41.4. The molecule has 0 unspecified atom stereocenters. The van der Waals surface area contributed by atoms with Crippen LogP contribution in [0.25, 0.3) is 0 Å². The Morgan fingerprint density at radius 2 is 0.562 bits per heavy atom. The molecule has 15 heteroatoms. The number of nitrogens with one attached hydrogen (secondary N) is 3. The van der Waals surface area contributed by atoms with Crippen molar-refractivity contribution in [1.82, 2.24) is 25.8 Å². The SMILES string of the molecule is CCCCCCCCCCCOC(=O)CCCCCN(CCCCCCCC(=O)OC(CCCCCCCC)CCCCCCCC)CCNC(=O)CNCC(=O)NCCN(CCCCCCCC(=O)OC(CCCCCCCC)CCCCCCCC)CCCCCC(=O)O. The molecule has 2 amide bonds. The van der Waals surface area contributed by atoms with Crippen molar-refractivity contribution >= 4 is 35.7 Å². The second kappa shape index (κ2) is 74.4. The van der Waals surface area contributed by atoms with Crippen molar-refractivity contribution in [2.75, 3.05) is 72.1 Å². The number of hydrogen-bond donors (Lipinski definition) is 4. The van der Waals surface area contributed by atoms with Crippen LogP contribution in [0.1, 0.15) is 401 Å². The highest BCUT2D eigenvalue weighted by atomic mass is 16.5. The molecular formula is C81H157N5O10. The number of esters is 3. The Morgan fingerprint density at radius 3 is 0.885 bits per heavy atom. The number of carbonyl (C=O) groups is 6. The zero-order valence-electron chi connectivity index (χ0n) is 63.8. The normalized spacial score (nSPS) is 11.6. The molecule has 0 rings (SSSR count). The van der Waals surface area contributed by atoms with Gasteiger partial charge in [0.25, 0.3) is 0 Å². The molecule has 0 aliphatic heterocycles. The molecule has 0 saturated heterocycles. The van der Waals surface area contributed by atoms with Crippen molar-refractivity contribution in [3.05, 3.63) is 0 Å². The fourth-order valence-electron chi connectivity index (χ4n) is 12.9. The summed E-state index contributed by atoms with van der Waals surface area (Å²) in [6.07, 6.45) is 61.8. The summed E-state index contributed by atoms with van der Waals surface area (Å²) >= 11 is 0. The lowest BCUT2D eigenvalue weighted by Gasteiger charge is -2.23. The topological polar surface area (TPSA) is 193 Å². The number of carbonyl (C=O) groups excluding carboxylic acids is 5. The van der Waals surface area contributed by atoms with E-state index < -0.39 is 5.97 Å². The van der Waals surface area contributed by atoms with Gasteiger partial charge in [0.05, 0.1) is 19.7 Å². The van der Waals surface area contributed by atoms with Crippen LogP contribution in [-0.4, -0.2) is 135 Å². The number of carboxylic acid groups (broad SMARTS) is 1. The highest BCUT2D eigenvalue weighted by Crippen LogP contribution is 2.21. The third-order valence-electron chi connectivity index (χ3n) is 19.1. The molecule has 0 saturated carbocycles. The van der Waals surface area contributed by atoms with Crippen LogP contribution >= 0.6 is 0 Å². The van der Waals surface area contributed by atoms with Gasteiger partial charge in [-0.3, -0.25) is 34.1 Å². The van der Waals surface area contributed by atoms with Gasteiger partial charge in [-0.05, 0) is 135 Å². The van der Waals surface area contributed by atoms with Gasteiger partial charge in [0.2, 0.25) is 11.8 Å². The molecule has 15 nitrogen and oxygen atoms in total. The molecule has 0 atom stereocenters. The fraction of sp³-hybridized carbons (Fsp3) is 0.926. The Hall–Kier alpha value is -3.30. The minimum atomic E-state index is -0.766. The number of nitrogens with zero attached hydrogens (tertiary/aromatic N) is 2. The Morgan fingerprint density at radius 1 is 0.302 bits per heavy atom. The number of carboxylic acids is 1. The number of ether oxygens (including phenoxy) is 3. The van der Waals surface area contributed by atoms with Crippen LogP contribution in [0, 0.1) is 0 Å². The summed E-state index contributed by atoms with van der Waals surface area (Å²) in [7, 11) is 0. The van der Waals surface area contributed by atoms with Gasteiger partial charge in [-0.15, -0.1) is 0 Å². The average Bonchev–Trinajstić information content (AvgIpc) is 3.08. The smallest absolute Gasteiger partial charge is 0.306 e. The van der Waals surface area contributed by atoms with Gasteiger partial charge in [0.1, 0.15) is 12.2 Å². The zero-order valence-corrected chi connectivity index (χ0v) is 63.8. The van der Waals surface area contributed by atoms with Crippen molar-refractivity contribution in [3.8, 4) is 0 Å². The van der Waals surface area contributed by atoms with Crippen molar-refractivity contribution < 1.29 is 48.1 Å². The lowest BCUT2D eigenvalue weighted by atomic mass is 10.0. The van der Waals surface area contributed by atoms with E-state index in [1.807, 2.05) is 0 Å². The van der Waals surface area contributed by atoms with E-state index in [0.717, 1.165) is 187 Å². The molecule has 0 aromatic heterocycles. The first kappa shape index (κ1) is 92.7. The van der Waals surface area contributed by atoms with Crippen LogP contribution in [-0.2, 0) is 43.0 Å². The standard InChI is InChI=1S/C81H157N5O10/c1-6-11-16-21-26-27-28-39-54-71-94-79(91)60-49-41-53-68-86(66-51-38-30-36-48-62-81(93)96-75(57-44-33-24-19-14-9-4)58-45-34-25-20-15-10-5)70-64-84-77(88)73-82-72-76(87)83-63-69-85(67-52-40-46-59-78(89)90)65-50-37-29-35-47-61-80(92)95-74(55-42-31-22-17-12-7-2)56-43-32-23-18-13-8-3/h74-75,82H,6-73H2,1-5H3,(H,83,87)(H,84,88)(H,89,90). The molecule has 0 aliphatic carbocycles. The minimum Gasteiger partial charge on any atom is -0.481 e. The van der Waals surface area contributed by atoms with E-state index in [9.17, 15) is 28.8 Å². The summed E-state index contributed by atoms with van der Waals surface area (Å²) in [5.41, 5.74) is 0. The molecule has 4 N–H and O–H groups in total.